The summed E-state index contributed by atoms with van der Waals surface area (Å²) in [6, 6.07) is 8.80. The number of amides is 1. The Morgan fingerprint density at radius 2 is 1.75 bits per heavy atom. The average Bonchev–Trinajstić information content (AvgIpc) is 2.65. The molecule has 0 spiro atoms. The molecule has 0 aliphatic heterocycles. The summed E-state index contributed by atoms with van der Waals surface area (Å²) in [5.74, 6) is -0.368. The predicted octanol–water partition coefficient (Wildman–Crippen LogP) is 5.04. The van der Waals surface area contributed by atoms with Gasteiger partial charge < -0.3 is 16.0 Å². The highest BCUT2D eigenvalue weighted by Crippen LogP contribution is 2.34. The number of rotatable bonds is 6. The number of fused-ring (bicyclic) bond motifs is 1. The second kappa shape index (κ2) is 8.78. The first kappa shape index (κ1) is 20.4. The smallest absolute Gasteiger partial charge is 0.258 e. The van der Waals surface area contributed by atoms with Crippen LogP contribution in [-0.4, -0.2) is 31.0 Å². The summed E-state index contributed by atoms with van der Waals surface area (Å²) in [4.78, 5) is 17.4. The van der Waals surface area contributed by atoms with Gasteiger partial charge in [0.15, 0.2) is 0 Å². The van der Waals surface area contributed by atoms with E-state index in [1.165, 1.54) is 0 Å². The number of anilines is 2. The van der Waals surface area contributed by atoms with Crippen LogP contribution in [-0.2, 0) is 0 Å². The van der Waals surface area contributed by atoms with Crippen molar-refractivity contribution in [1.29, 1.82) is 0 Å². The number of aryl methyl sites for hydroxylation is 2. The number of carbonyl (C=O) groups excluding carboxylic acids is 1. The van der Waals surface area contributed by atoms with Gasteiger partial charge in [-0.05, 0) is 50.2 Å². The number of halogens is 2. The number of nitrogens with one attached hydrogen (secondary N) is 3. The van der Waals surface area contributed by atoms with Crippen molar-refractivity contribution in [2.24, 2.45) is 0 Å². The van der Waals surface area contributed by atoms with Crippen LogP contribution in [0.5, 0.6) is 0 Å². The van der Waals surface area contributed by atoms with E-state index in [1.54, 1.807) is 18.2 Å². The minimum Gasteiger partial charge on any atom is -0.383 e. The Balaban J connectivity index is 2.04. The summed E-state index contributed by atoms with van der Waals surface area (Å²) in [7, 11) is 1.91. The fraction of sp³-hybridized carbons (Fsp3) is 0.238. The molecule has 1 aromatic heterocycles. The molecule has 0 bridgehead atoms. The van der Waals surface area contributed by atoms with Gasteiger partial charge in [-0.25, -0.2) is 0 Å². The molecule has 3 N–H and O–H groups in total. The molecular weight excluding hydrogens is 395 g/mol. The molecule has 0 saturated carbocycles. The first-order chi connectivity index (χ1) is 13.4. The van der Waals surface area contributed by atoms with E-state index >= 15 is 0 Å². The number of hydrogen-bond donors (Lipinski definition) is 3. The molecule has 3 aromatic rings. The molecule has 146 valence electrons. The lowest BCUT2D eigenvalue weighted by molar-refractivity contribution is 0.102. The van der Waals surface area contributed by atoms with Gasteiger partial charge >= 0.3 is 0 Å². The van der Waals surface area contributed by atoms with Crippen LogP contribution in [0, 0.1) is 13.8 Å². The zero-order valence-corrected chi connectivity index (χ0v) is 17.5. The van der Waals surface area contributed by atoms with E-state index < -0.39 is 0 Å². The van der Waals surface area contributed by atoms with Gasteiger partial charge in [0.25, 0.3) is 5.91 Å². The Kier molecular flexibility index (Phi) is 6.39. The van der Waals surface area contributed by atoms with E-state index in [2.05, 4.69) is 20.9 Å². The number of benzene rings is 2. The van der Waals surface area contributed by atoms with Crippen LogP contribution in [0.2, 0.25) is 10.0 Å². The average molecular weight is 417 g/mol. The summed E-state index contributed by atoms with van der Waals surface area (Å²) in [5, 5.41) is 11.1. The van der Waals surface area contributed by atoms with Gasteiger partial charge in [0.1, 0.15) is 0 Å². The van der Waals surface area contributed by atoms with Crippen LogP contribution in [0.4, 0.5) is 11.4 Å². The largest absolute Gasteiger partial charge is 0.383 e. The first-order valence-corrected chi connectivity index (χ1v) is 9.72. The molecule has 1 heterocycles. The van der Waals surface area contributed by atoms with Crippen molar-refractivity contribution in [3.05, 3.63) is 63.3 Å². The minimum absolute atomic E-state index is 0.249. The Morgan fingerprint density at radius 3 is 2.43 bits per heavy atom. The molecule has 1 amide bonds. The van der Waals surface area contributed by atoms with Crippen LogP contribution in [0.1, 0.15) is 21.5 Å². The third-order valence-corrected chi connectivity index (χ3v) is 5.16. The van der Waals surface area contributed by atoms with E-state index in [-0.39, 0.29) is 11.5 Å². The molecule has 0 aliphatic rings. The van der Waals surface area contributed by atoms with Crippen LogP contribution in [0.3, 0.4) is 0 Å². The number of carbonyl (C=O) groups is 1. The fourth-order valence-corrected chi connectivity index (χ4v) is 3.67. The van der Waals surface area contributed by atoms with Gasteiger partial charge in [0, 0.05) is 30.4 Å². The van der Waals surface area contributed by atoms with Crippen molar-refractivity contribution in [2.75, 3.05) is 30.8 Å². The summed E-state index contributed by atoms with van der Waals surface area (Å²) in [6.07, 6.45) is 1.81. The molecule has 0 radical (unpaired) electrons. The van der Waals surface area contributed by atoms with Gasteiger partial charge in [-0.1, -0.05) is 35.3 Å². The summed E-state index contributed by atoms with van der Waals surface area (Å²) >= 11 is 12.3. The van der Waals surface area contributed by atoms with Crippen molar-refractivity contribution < 1.29 is 4.79 Å². The van der Waals surface area contributed by atoms with Gasteiger partial charge in [0.05, 0.1) is 26.8 Å². The quantitative estimate of drug-likeness (QED) is 0.492. The molecular formula is C21H22Cl2N4O. The van der Waals surface area contributed by atoms with Gasteiger partial charge in [-0.3, -0.25) is 9.78 Å². The Hall–Kier alpha value is -2.34. The molecule has 2 aromatic carbocycles. The van der Waals surface area contributed by atoms with Gasteiger partial charge in [-0.2, -0.15) is 0 Å². The first-order valence-electron chi connectivity index (χ1n) is 8.96. The molecule has 0 unspecified atom stereocenters. The number of aromatic nitrogens is 1. The van der Waals surface area contributed by atoms with Crippen molar-refractivity contribution in [1.82, 2.24) is 10.3 Å². The highest BCUT2D eigenvalue weighted by atomic mass is 35.5. The highest BCUT2D eigenvalue weighted by Gasteiger charge is 2.18. The normalized spacial score (nSPS) is 10.9. The maximum absolute atomic E-state index is 12.8. The third kappa shape index (κ3) is 4.07. The molecule has 28 heavy (non-hydrogen) atoms. The number of nitrogens with zero attached hydrogens (tertiary/aromatic N) is 1. The van der Waals surface area contributed by atoms with Crippen LogP contribution < -0.4 is 16.0 Å². The van der Waals surface area contributed by atoms with Crippen molar-refractivity contribution in [2.45, 2.75) is 13.8 Å². The monoisotopic (exact) mass is 416 g/mol. The lowest BCUT2D eigenvalue weighted by Gasteiger charge is -2.17. The predicted molar refractivity (Wildman–Crippen MR) is 118 cm³/mol. The molecule has 0 aliphatic carbocycles. The van der Waals surface area contributed by atoms with Crippen molar-refractivity contribution in [3.63, 3.8) is 0 Å². The molecule has 0 saturated heterocycles. The number of hydrogen-bond acceptors (Lipinski definition) is 4. The number of pyridine rings is 1. The third-order valence-electron chi connectivity index (χ3n) is 4.53. The van der Waals surface area contributed by atoms with E-state index in [9.17, 15) is 4.79 Å². The Morgan fingerprint density at radius 1 is 1.04 bits per heavy atom. The van der Waals surface area contributed by atoms with E-state index in [4.69, 9.17) is 23.2 Å². The SMILES string of the molecule is CNCCNc1c(C)cnc2c(NC(=O)c3c(Cl)cccc3Cl)ccc(C)c12. The van der Waals surface area contributed by atoms with Gasteiger partial charge in [-0.15, -0.1) is 0 Å². The zero-order chi connectivity index (χ0) is 20.3. The summed E-state index contributed by atoms with van der Waals surface area (Å²) in [6.45, 7) is 5.66. The molecule has 5 nitrogen and oxygen atoms in total. The fourth-order valence-electron chi connectivity index (χ4n) is 3.11. The second-order valence-electron chi connectivity index (χ2n) is 6.55. The topological polar surface area (TPSA) is 66.1 Å². The Bertz CT molecular complexity index is 1020. The van der Waals surface area contributed by atoms with Crippen molar-refractivity contribution in [3.8, 4) is 0 Å². The number of likely N-dealkylation sites (N-methyl/N-ethyl adjacent to an activating group) is 1. The molecule has 0 atom stereocenters. The van der Waals surface area contributed by atoms with Crippen molar-refractivity contribution >= 4 is 51.4 Å². The van der Waals surface area contributed by atoms with E-state index in [1.807, 2.05) is 39.2 Å². The van der Waals surface area contributed by atoms with Gasteiger partial charge in [0.2, 0.25) is 0 Å². The molecule has 0 fully saturated rings. The maximum atomic E-state index is 12.8. The van der Waals surface area contributed by atoms with E-state index in [0.29, 0.717) is 21.2 Å². The van der Waals surface area contributed by atoms with Crippen LogP contribution in [0.25, 0.3) is 10.9 Å². The second-order valence-corrected chi connectivity index (χ2v) is 7.37. The van der Waals surface area contributed by atoms with Crippen LogP contribution in [0.15, 0.2) is 36.5 Å². The summed E-state index contributed by atoms with van der Waals surface area (Å²) < 4.78 is 0. The maximum Gasteiger partial charge on any atom is 0.258 e. The minimum atomic E-state index is -0.368. The standard InChI is InChI=1S/C21H22Cl2N4O/c1-12-7-8-16(27-21(28)18-14(22)5-4-6-15(18)23)20-17(12)19(13(2)11-26-20)25-10-9-24-3/h4-8,11,24H,9-10H2,1-3H3,(H,25,26)(H,27,28). The lowest BCUT2D eigenvalue weighted by atomic mass is 10.0. The molecule has 3 rings (SSSR count). The van der Waals surface area contributed by atoms with E-state index in [0.717, 1.165) is 35.3 Å². The van der Waals surface area contributed by atoms with Crippen LogP contribution >= 0.6 is 23.2 Å². The lowest BCUT2D eigenvalue weighted by Crippen LogP contribution is -2.18. The highest BCUT2D eigenvalue weighted by molar-refractivity contribution is 6.40. The molecule has 7 heteroatoms. The zero-order valence-electron chi connectivity index (χ0n) is 16.0. The summed E-state index contributed by atoms with van der Waals surface area (Å²) in [5.41, 5.74) is 4.72. The Labute approximate surface area is 174 Å².